The number of para-hydroxylation sites is 1. The van der Waals surface area contributed by atoms with Crippen LogP contribution in [0, 0.1) is 18.8 Å². The Kier molecular flexibility index (Phi) is 9.77. The standard InChI is InChI=1S/C46H50N5.Pt/c1-30-31(2)50(38-24-33(45(6,7)8)23-34(25-38)46(9,10)11)29-49(30)37-16-14-15-35(27-37)48-36-19-20-40-39-17-12-13-18-41(39)51(42(40)28-36)43-26-32(21-22-47-43)44(3,4)5;/h12-26,29,48H,1-11H3;/q-3;. The van der Waals surface area contributed by atoms with Crippen molar-refractivity contribution in [3.05, 3.63) is 138 Å². The van der Waals surface area contributed by atoms with Crippen LogP contribution < -0.4 is 15.1 Å². The Morgan fingerprint density at radius 3 is 1.92 bits per heavy atom. The van der Waals surface area contributed by atoms with E-state index < -0.39 is 0 Å². The number of pyridine rings is 1. The van der Waals surface area contributed by atoms with E-state index in [9.17, 15) is 0 Å². The van der Waals surface area contributed by atoms with E-state index in [0.717, 1.165) is 39.3 Å². The molecule has 7 rings (SSSR count). The van der Waals surface area contributed by atoms with Gasteiger partial charge < -0.3 is 19.7 Å². The number of aromatic nitrogens is 2. The molecule has 0 saturated carbocycles. The molecule has 0 unspecified atom stereocenters. The van der Waals surface area contributed by atoms with Gasteiger partial charge in [0.15, 0.2) is 0 Å². The number of fused-ring (bicyclic) bond motifs is 3. The molecule has 2 aromatic heterocycles. The van der Waals surface area contributed by atoms with Gasteiger partial charge in [0.1, 0.15) is 5.82 Å². The molecule has 6 heteroatoms. The zero-order valence-corrected chi connectivity index (χ0v) is 34.6. The number of nitrogens with one attached hydrogen (secondary N) is 1. The molecule has 272 valence electrons. The molecular weight excluding hydrogens is 818 g/mol. The van der Waals surface area contributed by atoms with Crippen molar-refractivity contribution in [1.82, 2.24) is 9.55 Å². The summed E-state index contributed by atoms with van der Waals surface area (Å²) in [6.45, 7) is 27.0. The Bertz CT molecular complexity index is 2280. The molecule has 0 aliphatic carbocycles. The van der Waals surface area contributed by atoms with E-state index >= 15 is 0 Å². The zero-order chi connectivity index (χ0) is 36.5. The van der Waals surface area contributed by atoms with Crippen LogP contribution in [-0.2, 0) is 37.3 Å². The Labute approximate surface area is 325 Å². The van der Waals surface area contributed by atoms with E-state index in [1.54, 1.807) is 0 Å². The molecule has 3 heterocycles. The van der Waals surface area contributed by atoms with Crippen LogP contribution in [0.3, 0.4) is 0 Å². The summed E-state index contributed by atoms with van der Waals surface area (Å²) in [5, 5.41) is 5.95. The van der Waals surface area contributed by atoms with Crippen LogP contribution in [0.15, 0.2) is 103 Å². The van der Waals surface area contributed by atoms with Gasteiger partial charge in [-0.05, 0) is 82.5 Å². The van der Waals surface area contributed by atoms with Crippen molar-refractivity contribution >= 4 is 44.6 Å². The molecule has 0 atom stereocenters. The van der Waals surface area contributed by atoms with Gasteiger partial charge in [0.2, 0.25) is 0 Å². The van der Waals surface area contributed by atoms with Gasteiger partial charge in [-0.25, -0.2) is 4.98 Å². The van der Waals surface area contributed by atoms with Crippen molar-refractivity contribution in [2.45, 2.75) is 92.4 Å². The fourth-order valence-corrected chi connectivity index (χ4v) is 6.78. The van der Waals surface area contributed by atoms with Gasteiger partial charge in [-0.1, -0.05) is 103 Å². The van der Waals surface area contributed by atoms with Gasteiger partial charge in [-0.2, -0.15) is 12.1 Å². The number of allylic oxidation sites excluding steroid dienone is 2. The van der Waals surface area contributed by atoms with E-state index in [4.69, 9.17) is 4.98 Å². The molecule has 4 aromatic carbocycles. The quantitative estimate of drug-likeness (QED) is 0.175. The van der Waals surface area contributed by atoms with E-state index in [1.165, 1.54) is 39.2 Å². The molecule has 1 aliphatic rings. The van der Waals surface area contributed by atoms with Crippen molar-refractivity contribution in [2.75, 3.05) is 15.1 Å². The van der Waals surface area contributed by atoms with E-state index in [0.29, 0.717) is 0 Å². The fraction of sp³-hybridized carbons (Fsp3) is 0.304. The Morgan fingerprint density at radius 2 is 1.25 bits per heavy atom. The van der Waals surface area contributed by atoms with E-state index in [1.807, 2.05) is 6.20 Å². The van der Waals surface area contributed by atoms with Gasteiger partial charge in [0.05, 0.1) is 0 Å². The number of benzene rings is 4. The first-order valence-corrected chi connectivity index (χ1v) is 18.0. The number of hydrogen-bond donors (Lipinski definition) is 1. The summed E-state index contributed by atoms with van der Waals surface area (Å²) in [5.41, 5.74) is 12.4. The summed E-state index contributed by atoms with van der Waals surface area (Å²) < 4.78 is 2.23. The minimum absolute atomic E-state index is 0. The first-order chi connectivity index (χ1) is 24.0. The van der Waals surface area contributed by atoms with Crippen molar-refractivity contribution in [3.8, 4) is 5.82 Å². The van der Waals surface area contributed by atoms with Gasteiger partial charge in [0, 0.05) is 49.9 Å². The second-order valence-corrected chi connectivity index (χ2v) is 17.0. The van der Waals surface area contributed by atoms with Crippen LogP contribution in [0.2, 0.25) is 0 Å². The average molecular weight is 868 g/mol. The maximum atomic E-state index is 4.84. The second kappa shape index (κ2) is 13.6. The maximum absolute atomic E-state index is 4.84. The van der Waals surface area contributed by atoms with E-state index in [-0.39, 0.29) is 37.3 Å². The first kappa shape index (κ1) is 37.4. The van der Waals surface area contributed by atoms with Gasteiger partial charge >= 0.3 is 0 Å². The minimum atomic E-state index is 0. The molecule has 0 saturated heterocycles. The molecule has 0 spiro atoms. The van der Waals surface area contributed by atoms with Crippen LogP contribution in [0.5, 0.6) is 0 Å². The van der Waals surface area contributed by atoms with Crippen molar-refractivity contribution in [3.63, 3.8) is 0 Å². The fourth-order valence-electron chi connectivity index (χ4n) is 6.78. The molecule has 0 radical (unpaired) electrons. The monoisotopic (exact) mass is 867 g/mol. The van der Waals surface area contributed by atoms with Crippen molar-refractivity contribution in [2.24, 2.45) is 0 Å². The molecule has 0 bridgehead atoms. The number of rotatable bonds is 5. The van der Waals surface area contributed by atoms with Crippen LogP contribution in [-0.4, -0.2) is 9.55 Å². The molecule has 1 N–H and O–H groups in total. The largest absolute Gasteiger partial charge is 0.497 e. The predicted octanol–water partition coefficient (Wildman–Crippen LogP) is 12.1. The SMILES string of the molecule is CC1=C(C)N(c2cc(C(C)(C)C)cc(C(C)(C)C)c2)[CH-]N1c1[c-]c(Nc2[c-]c3c(cc2)c2ccccc2n3-c2cc(C(C)(C)C)ccn2)ccc1.[Pt]. The zero-order valence-electron chi connectivity index (χ0n) is 32.3. The van der Waals surface area contributed by atoms with Gasteiger partial charge in [-0.3, -0.25) is 0 Å². The molecule has 52 heavy (non-hydrogen) atoms. The van der Waals surface area contributed by atoms with Gasteiger partial charge in [0.25, 0.3) is 0 Å². The summed E-state index contributed by atoms with van der Waals surface area (Å²) in [4.78, 5) is 9.39. The Morgan fingerprint density at radius 1 is 0.615 bits per heavy atom. The molecule has 5 nitrogen and oxygen atoms in total. The third kappa shape index (κ3) is 7.05. The first-order valence-electron chi connectivity index (χ1n) is 18.0. The van der Waals surface area contributed by atoms with Crippen LogP contribution in [0.4, 0.5) is 22.7 Å². The third-order valence-corrected chi connectivity index (χ3v) is 10.1. The second-order valence-electron chi connectivity index (χ2n) is 17.0. The van der Waals surface area contributed by atoms with Gasteiger partial charge in [-0.15, -0.1) is 48.1 Å². The normalized spacial score (nSPS) is 14.1. The molecule has 0 fully saturated rings. The maximum Gasteiger partial charge on any atom is 0.135 e. The molecule has 6 aromatic rings. The Balaban J connectivity index is 0.00000464. The summed E-state index contributed by atoms with van der Waals surface area (Å²) in [6.07, 6.45) is 1.92. The number of nitrogens with zero attached hydrogens (tertiary/aromatic N) is 4. The summed E-state index contributed by atoms with van der Waals surface area (Å²) in [7, 11) is 0. The topological polar surface area (TPSA) is 36.3 Å². The number of anilines is 4. The smallest absolute Gasteiger partial charge is 0.135 e. The minimum Gasteiger partial charge on any atom is -0.497 e. The summed E-state index contributed by atoms with van der Waals surface area (Å²) in [6, 6.07) is 37.8. The van der Waals surface area contributed by atoms with Crippen LogP contribution >= 0.6 is 0 Å². The van der Waals surface area contributed by atoms with E-state index in [2.05, 4.69) is 200 Å². The van der Waals surface area contributed by atoms with Crippen LogP contribution in [0.25, 0.3) is 27.6 Å². The molecule has 0 amide bonds. The molecular formula is C46H50N5Pt-3. The predicted molar refractivity (Wildman–Crippen MR) is 216 cm³/mol. The summed E-state index contributed by atoms with van der Waals surface area (Å²) in [5.74, 6) is 0.894. The third-order valence-electron chi connectivity index (χ3n) is 10.1. The van der Waals surface area contributed by atoms with Crippen molar-refractivity contribution < 1.29 is 21.1 Å². The average Bonchev–Trinajstić information content (AvgIpc) is 3.56. The summed E-state index contributed by atoms with van der Waals surface area (Å²) >= 11 is 0. The van der Waals surface area contributed by atoms with Crippen LogP contribution in [0.1, 0.15) is 92.9 Å². The molecule has 1 aliphatic heterocycles. The Hall–Kier alpha value is -4.34. The van der Waals surface area contributed by atoms with Crippen molar-refractivity contribution in [1.29, 1.82) is 0 Å². The number of hydrogen-bond acceptors (Lipinski definition) is 4.